The summed E-state index contributed by atoms with van der Waals surface area (Å²) in [5.74, 6) is -0.166. The summed E-state index contributed by atoms with van der Waals surface area (Å²) < 4.78 is 0. The Morgan fingerprint density at radius 2 is 2.06 bits per heavy atom. The van der Waals surface area contributed by atoms with Gasteiger partial charge in [0.15, 0.2) is 0 Å². The molecule has 0 spiro atoms. The van der Waals surface area contributed by atoms with Crippen molar-refractivity contribution in [2.45, 2.75) is 31.8 Å². The quantitative estimate of drug-likeness (QED) is 0.808. The van der Waals surface area contributed by atoms with Gasteiger partial charge in [-0.2, -0.15) is 5.48 Å². The van der Waals surface area contributed by atoms with Gasteiger partial charge in [0.2, 0.25) is 5.91 Å². The number of rotatable bonds is 5. The molecule has 0 atom stereocenters. The first kappa shape index (κ1) is 13.3. The van der Waals surface area contributed by atoms with E-state index in [1.807, 2.05) is 12.1 Å². The third kappa shape index (κ3) is 3.98. The van der Waals surface area contributed by atoms with Crippen LogP contribution in [-0.2, 0) is 9.63 Å². The molecule has 0 heterocycles. The fraction of sp³-hybridized carbons (Fsp3) is 0.462. The van der Waals surface area contributed by atoms with Crippen LogP contribution >= 0.6 is 11.6 Å². The number of carbonyl (C=O) groups excluding carboxylic acids is 1. The van der Waals surface area contributed by atoms with Gasteiger partial charge in [-0.3, -0.25) is 9.63 Å². The Morgan fingerprint density at radius 3 is 2.78 bits per heavy atom. The van der Waals surface area contributed by atoms with Gasteiger partial charge in [-0.25, -0.2) is 0 Å². The maximum atomic E-state index is 11.6. The van der Waals surface area contributed by atoms with E-state index in [1.54, 1.807) is 12.1 Å². The van der Waals surface area contributed by atoms with E-state index in [4.69, 9.17) is 16.4 Å². The lowest BCUT2D eigenvalue weighted by atomic mass is 10.3. The second kappa shape index (κ2) is 6.73. The van der Waals surface area contributed by atoms with Crippen LogP contribution in [0.5, 0.6) is 0 Å². The third-order valence-electron chi connectivity index (χ3n) is 2.93. The Balaban J connectivity index is 1.70. The van der Waals surface area contributed by atoms with E-state index >= 15 is 0 Å². The molecule has 1 fully saturated rings. The number of hydrogen-bond donors (Lipinski definition) is 2. The van der Waals surface area contributed by atoms with Gasteiger partial charge >= 0.3 is 0 Å². The Labute approximate surface area is 112 Å². The van der Waals surface area contributed by atoms with Crippen LogP contribution < -0.4 is 10.8 Å². The number of benzene rings is 1. The average molecular weight is 269 g/mol. The summed E-state index contributed by atoms with van der Waals surface area (Å²) in [5.41, 5.74) is 3.33. The van der Waals surface area contributed by atoms with Crippen LogP contribution in [0.3, 0.4) is 0 Å². The van der Waals surface area contributed by atoms with Crippen molar-refractivity contribution in [3.05, 3.63) is 29.3 Å². The molecular weight excluding hydrogens is 252 g/mol. The van der Waals surface area contributed by atoms with Gasteiger partial charge in [-0.1, -0.05) is 36.6 Å². The van der Waals surface area contributed by atoms with Gasteiger partial charge in [0, 0.05) is 0 Å². The second-order valence-electron chi connectivity index (χ2n) is 4.37. The minimum atomic E-state index is -0.166. The highest BCUT2D eigenvalue weighted by atomic mass is 35.5. The van der Waals surface area contributed by atoms with Gasteiger partial charge in [0.05, 0.1) is 16.8 Å². The summed E-state index contributed by atoms with van der Waals surface area (Å²) in [6.07, 6.45) is 4.80. The van der Waals surface area contributed by atoms with Crippen molar-refractivity contribution in [3.8, 4) is 0 Å². The van der Waals surface area contributed by atoms with Crippen molar-refractivity contribution in [2.24, 2.45) is 0 Å². The Bertz CT molecular complexity index is 406. The highest BCUT2D eigenvalue weighted by Gasteiger charge is 2.15. The Hall–Kier alpha value is -1.10. The lowest BCUT2D eigenvalue weighted by molar-refractivity contribution is -0.119. The SMILES string of the molecule is O=C(CNOC1CCCC1)Nc1ccccc1Cl. The first-order valence-electron chi connectivity index (χ1n) is 6.18. The van der Waals surface area contributed by atoms with Crippen LogP contribution in [-0.4, -0.2) is 18.6 Å². The number of hydrogen-bond acceptors (Lipinski definition) is 3. The topological polar surface area (TPSA) is 50.4 Å². The number of amides is 1. The summed E-state index contributed by atoms with van der Waals surface area (Å²) in [6.45, 7) is 0.127. The summed E-state index contributed by atoms with van der Waals surface area (Å²) in [5, 5.41) is 3.25. The first-order chi connectivity index (χ1) is 8.75. The average Bonchev–Trinajstić information content (AvgIpc) is 2.85. The summed E-state index contributed by atoms with van der Waals surface area (Å²) >= 11 is 5.94. The normalized spacial score (nSPS) is 15.8. The molecule has 1 saturated carbocycles. The minimum absolute atomic E-state index is 0.127. The second-order valence-corrected chi connectivity index (χ2v) is 4.78. The highest BCUT2D eigenvalue weighted by molar-refractivity contribution is 6.33. The molecule has 0 unspecified atom stereocenters. The van der Waals surface area contributed by atoms with Crippen molar-refractivity contribution in [3.63, 3.8) is 0 Å². The molecule has 0 aromatic heterocycles. The van der Waals surface area contributed by atoms with Crippen LogP contribution in [0.2, 0.25) is 5.02 Å². The van der Waals surface area contributed by atoms with E-state index in [9.17, 15) is 4.79 Å². The number of hydroxylamine groups is 1. The predicted octanol–water partition coefficient (Wildman–Crippen LogP) is 2.74. The molecule has 0 radical (unpaired) electrons. The lowest BCUT2D eigenvalue weighted by Gasteiger charge is -2.12. The number of para-hydroxylation sites is 1. The van der Waals surface area contributed by atoms with E-state index in [2.05, 4.69) is 10.8 Å². The summed E-state index contributed by atoms with van der Waals surface area (Å²) in [7, 11) is 0. The van der Waals surface area contributed by atoms with Gasteiger partial charge in [-0.05, 0) is 25.0 Å². The van der Waals surface area contributed by atoms with Crippen molar-refractivity contribution < 1.29 is 9.63 Å². The summed E-state index contributed by atoms with van der Waals surface area (Å²) in [4.78, 5) is 17.0. The van der Waals surface area contributed by atoms with Crippen LogP contribution in [0.25, 0.3) is 0 Å². The van der Waals surface area contributed by atoms with Crippen molar-refractivity contribution in [2.75, 3.05) is 11.9 Å². The zero-order valence-corrected chi connectivity index (χ0v) is 10.9. The molecule has 1 aliphatic carbocycles. The highest BCUT2D eigenvalue weighted by Crippen LogP contribution is 2.21. The Kier molecular flexibility index (Phi) is 4.99. The van der Waals surface area contributed by atoms with E-state index < -0.39 is 0 Å². The maximum absolute atomic E-state index is 11.6. The van der Waals surface area contributed by atoms with Crippen molar-refractivity contribution in [1.82, 2.24) is 5.48 Å². The first-order valence-corrected chi connectivity index (χ1v) is 6.56. The van der Waals surface area contributed by atoms with Gasteiger partial charge in [-0.15, -0.1) is 0 Å². The van der Waals surface area contributed by atoms with Crippen molar-refractivity contribution in [1.29, 1.82) is 0 Å². The molecule has 5 heteroatoms. The number of anilines is 1. The number of carbonyl (C=O) groups is 1. The predicted molar refractivity (Wildman–Crippen MR) is 71.4 cm³/mol. The fourth-order valence-corrected chi connectivity index (χ4v) is 2.17. The van der Waals surface area contributed by atoms with Crippen LogP contribution in [0.15, 0.2) is 24.3 Å². The molecule has 1 aromatic rings. The largest absolute Gasteiger partial charge is 0.324 e. The molecule has 4 nitrogen and oxygen atoms in total. The molecule has 0 aliphatic heterocycles. The van der Waals surface area contributed by atoms with E-state index in [0.717, 1.165) is 12.8 Å². The van der Waals surface area contributed by atoms with Gasteiger partial charge in [0.1, 0.15) is 6.54 Å². The van der Waals surface area contributed by atoms with Crippen LogP contribution in [0.1, 0.15) is 25.7 Å². The standard InChI is InChI=1S/C13H17ClN2O2/c14-11-7-3-4-8-12(11)16-13(17)9-15-18-10-5-1-2-6-10/h3-4,7-8,10,15H,1-2,5-6,9H2,(H,16,17). The van der Waals surface area contributed by atoms with Crippen molar-refractivity contribution >= 4 is 23.2 Å². The number of halogens is 1. The zero-order chi connectivity index (χ0) is 12.8. The van der Waals surface area contributed by atoms with E-state index in [1.165, 1.54) is 12.8 Å². The molecule has 2 rings (SSSR count). The van der Waals surface area contributed by atoms with E-state index in [-0.39, 0.29) is 18.6 Å². The third-order valence-corrected chi connectivity index (χ3v) is 3.26. The zero-order valence-electron chi connectivity index (χ0n) is 10.1. The maximum Gasteiger partial charge on any atom is 0.240 e. The fourth-order valence-electron chi connectivity index (χ4n) is 1.99. The summed E-state index contributed by atoms with van der Waals surface area (Å²) in [6, 6.07) is 7.14. The minimum Gasteiger partial charge on any atom is -0.324 e. The molecule has 0 bridgehead atoms. The van der Waals surface area contributed by atoms with E-state index in [0.29, 0.717) is 10.7 Å². The molecule has 2 N–H and O–H groups in total. The molecule has 1 aromatic carbocycles. The monoisotopic (exact) mass is 268 g/mol. The Morgan fingerprint density at radius 1 is 1.33 bits per heavy atom. The molecule has 0 saturated heterocycles. The molecule has 1 aliphatic rings. The molecule has 98 valence electrons. The smallest absolute Gasteiger partial charge is 0.240 e. The molecular formula is C13H17ClN2O2. The van der Waals surface area contributed by atoms with Gasteiger partial charge in [0.25, 0.3) is 0 Å². The lowest BCUT2D eigenvalue weighted by Crippen LogP contribution is -2.31. The molecule has 1 amide bonds. The van der Waals surface area contributed by atoms with Crippen LogP contribution in [0, 0.1) is 0 Å². The van der Waals surface area contributed by atoms with Gasteiger partial charge < -0.3 is 5.32 Å². The molecule has 18 heavy (non-hydrogen) atoms. The van der Waals surface area contributed by atoms with Crippen LogP contribution in [0.4, 0.5) is 5.69 Å². The number of nitrogens with one attached hydrogen (secondary N) is 2.